The van der Waals surface area contributed by atoms with Crippen LogP contribution < -0.4 is 0 Å². The molecule has 0 saturated heterocycles. The lowest BCUT2D eigenvalue weighted by Crippen LogP contribution is -1.91. The first-order valence-electron chi connectivity index (χ1n) is 0.921. The Kier molecular flexibility index (Phi) is 1.44. The van der Waals surface area contributed by atoms with Crippen molar-refractivity contribution in [2.75, 3.05) is 0 Å². The summed E-state index contributed by atoms with van der Waals surface area (Å²) in [6.07, 6.45) is 0. The predicted molar refractivity (Wildman–Crippen MR) is 20.9 cm³/mol. The lowest BCUT2D eigenvalue weighted by molar-refractivity contribution is 0.460. The van der Waals surface area contributed by atoms with Crippen LogP contribution in [-0.4, -0.2) is 4.59 Å². The van der Waals surface area contributed by atoms with Gasteiger partial charge in [0.25, 0.3) is 4.59 Å². The van der Waals surface area contributed by atoms with Crippen LogP contribution in [0.1, 0.15) is 0 Å². The summed E-state index contributed by atoms with van der Waals surface area (Å²) in [6, 6.07) is 0. The molecule has 0 aliphatic carbocycles. The third kappa shape index (κ3) is 109. The van der Waals surface area contributed by atoms with Crippen LogP contribution in [0.25, 0.3) is 0 Å². The van der Waals surface area contributed by atoms with Crippen LogP contribution in [0.15, 0.2) is 0 Å². The van der Waals surface area contributed by atoms with Crippen molar-refractivity contribution >= 4 is 23.2 Å². The highest BCUT2D eigenvalue weighted by Crippen LogP contribution is 2.18. The Labute approximate surface area is 39.9 Å². The summed E-state index contributed by atoms with van der Waals surface area (Å²) in [5, 5.41) is 0. The second kappa shape index (κ2) is 1.31. The van der Waals surface area contributed by atoms with Crippen molar-refractivity contribution in [2.24, 2.45) is 0 Å². The van der Waals surface area contributed by atoms with Gasteiger partial charge in [-0.05, 0) is 0 Å². The molecular formula is C2H2Cl2F. The molecule has 0 aromatic carbocycles. The second-order valence-corrected chi connectivity index (χ2v) is 2.01. The van der Waals surface area contributed by atoms with E-state index in [0.29, 0.717) is 0 Å². The van der Waals surface area contributed by atoms with E-state index in [4.69, 9.17) is 0 Å². The standard InChI is InChI=1S/C2H2Cl2F/c1-2(3,4)5/h1H2. The molecule has 0 amide bonds. The molecule has 0 saturated carbocycles. The highest BCUT2D eigenvalue weighted by molar-refractivity contribution is 6.47. The molecule has 5 heavy (non-hydrogen) atoms. The quantitative estimate of drug-likeness (QED) is 0.424. The fraction of sp³-hybridized carbons (Fsp3) is 0.500. The first kappa shape index (κ1) is 5.51. The minimum atomic E-state index is -2.31. The summed E-state index contributed by atoms with van der Waals surface area (Å²) in [7, 11) is 0. The van der Waals surface area contributed by atoms with Gasteiger partial charge in [-0.3, -0.25) is 0 Å². The van der Waals surface area contributed by atoms with Gasteiger partial charge in [0.05, 0.1) is 0 Å². The first-order chi connectivity index (χ1) is 2.00. The minimum absolute atomic E-state index is 2.31. The summed E-state index contributed by atoms with van der Waals surface area (Å²) in [5.74, 6) is 0. The maximum Gasteiger partial charge on any atom is 0.257 e. The van der Waals surface area contributed by atoms with Crippen molar-refractivity contribution in [3.8, 4) is 0 Å². The van der Waals surface area contributed by atoms with E-state index in [9.17, 15) is 4.39 Å². The van der Waals surface area contributed by atoms with Crippen molar-refractivity contribution in [1.82, 2.24) is 0 Å². The highest BCUT2D eigenvalue weighted by atomic mass is 35.5. The Morgan fingerprint density at radius 3 is 1.60 bits per heavy atom. The summed E-state index contributed by atoms with van der Waals surface area (Å²) in [5.41, 5.74) is 0. The third-order valence-electron chi connectivity index (χ3n) is 0. The van der Waals surface area contributed by atoms with E-state index in [-0.39, 0.29) is 0 Å². The molecule has 0 nitrogen and oxygen atoms in total. The lowest BCUT2D eigenvalue weighted by atomic mass is 10.9. The monoisotopic (exact) mass is 115 g/mol. The molecule has 0 heterocycles. The Bertz CT molecular complexity index is 23.1. The Balaban J connectivity index is 3.02. The molecule has 0 bridgehead atoms. The van der Waals surface area contributed by atoms with E-state index in [2.05, 4.69) is 30.1 Å². The Morgan fingerprint density at radius 2 is 1.60 bits per heavy atom. The highest BCUT2D eigenvalue weighted by Gasteiger charge is 2.10. The third-order valence-corrected chi connectivity index (χ3v) is 0. The first-order valence-corrected chi connectivity index (χ1v) is 1.68. The van der Waals surface area contributed by atoms with E-state index in [0.717, 1.165) is 0 Å². The molecule has 0 atom stereocenters. The summed E-state index contributed by atoms with van der Waals surface area (Å²) in [4.78, 5) is 0. The summed E-state index contributed by atoms with van der Waals surface area (Å²) in [6.45, 7) is 2.64. The number of hydrogen-bond acceptors (Lipinski definition) is 0. The number of rotatable bonds is 0. The number of hydrogen-bond donors (Lipinski definition) is 0. The summed E-state index contributed by atoms with van der Waals surface area (Å²) >= 11 is 9.04. The maximum atomic E-state index is 11.1. The van der Waals surface area contributed by atoms with Crippen LogP contribution in [-0.2, 0) is 0 Å². The van der Waals surface area contributed by atoms with E-state index in [1.807, 2.05) is 0 Å². The van der Waals surface area contributed by atoms with E-state index in [1.165, 1.54) is 0 Å². The Hall–Kier alpha value is 0.510. The van der Waals surface area contributed by atoms with Gasteiger partial charge in [-0.25, -0.2) is 4.39 Å². The zero-order valence-electron chi connectivity index (χ0n) is 2.34. The van der Waals surface area contributed by atoms with Gasteiger partial charge in [0.2, 0.25) is 0 Å². The number of halogens is 3. The van der Waals surface area contributed by atoms with Crippen LogP contribution >= 0.6 is 23.2 Å². The van der Waals surface area contributed by atoms with Gasteiger partial charge in [0, 0.05) is 6.92 Å². The predicted octanol–water partition coefficient (Wildman–Crippen LogP) is 1.92. The molecule has 0 fully saturated rings. The minimum Gasteiger partial charge on any atom is -0.208 e. The average Bonchev–Trinajstić information content (AvgIpc) is 0.722. The molecule has 0 aromatic heterocycles. The normalized spacial score (nSPS) is 12.0. The van der Waals surface area contributed by atoms with Gasteiger partial charge in [-0.2, -0.15) is 0 Å². The van der Waals surface area contributed by atoms with Gasteiger partial charge in [-0.15, -0.1) is 0 Å². The van der Waals surface area contributed by atoms with Crippen LogP contribution in [0.4, 0.5) is 4.39 Å². The molecule has 1 radical (unpaired) electrons. The van der Waals surface area contributed by atoms with Gasteiger partial charge in [0.15, 0.2) is 0 Å². The van der Waals surface area contributed by atoms with Gasteiger partial charge >= 0.3 is 0 Å². The van der Waals surface area contributed by atoms with Crippen molar-refractivity contribution in [3.05, 3.63) is 6.92 Å². The van der Waals surface area contributed by atoms with Crippen LogP contribution in [0.3, 0.4) is 0 Å². The maximum absolute atomic E-state index is 11.1. The van der Waals surface area contributed by atoms with E-state index < -0.39 is 4.59 Å². The molecular weight excluding hydrogens is 114 g/mol. The molecule has 0 unspecified atom stereocenters. The fourth-order valence-corrected chi connectivity index (χ4v) is 0. The van der Waals surface area contributed by atoms with Crippen LogP contribution in [0, 0.1) is 6.92 Å². The van der Waals surface area contributed by atoms with Gasteiger partial charge in [-0.1, -0.05) is 23.2 Å². The molecule has 0 rings (SSSR count). The van der Waals surface area contributed by atoms with Crippen molar-refractivity contribution in [2.45, 2.75) is 4.59 Å². The van der Waals surface area contributed by atoms with Crippen molar-refractivity contribution in [3.63, 3.8) is 0 Å². The van der Waals surface area contributed by atoms with Crippen molar-refractivity contribution < 1.29 is 4.39 Å². The molecule has 0 aliphatic rings. The smallest absolute Gasteiger partial charge is 0.208 e. The van der Waals surface area contributed by atoms with Gasteiger partial charge < -0.3 is 0 Å². The molecule has 0 N–H and O–H groups in total. The van der Waals surface area contributed by atoms with Gasteiger partial charge in [0.1, 0.15) is 0 Å². The van der Waals surface area contributed by atoms with Crippen LogP contribution in [0.5, 0.6) is 0 Å². The topological polar surface area (TPSA) is 0 Å². The van der Waals surface area contributed by atoms with E-state index in [1.54, 1.807) is 0 Å². The average molecular weight is 116 g/mol. The van der Waals surface area contributed by atoms with E-state index >= 15 is 0 Å². The zero-order chi connectivity index (χ0) is 4.50. The Morgan fingerprint density at radius 1 is 1.60 bits per heavy atom. The number of alkyl halides is 3. The van der Waals surface area contributed by atoms with Crippen molar-refractivity contribution in [1.29, 1.82) is 0 Å². The van der Waals surface area contributed by atoms with Crippen LogP contribution in [0.2, 0.25) is 0 Å². The zero-order valence-corrected chi connectivity index (χ0v) is 3.85. The molecule has 0 spiro atoms. The molecule has 31 valence electrons. The summed E-state index contributed by atoms with van der Waals surface area (Å²) < 4.78 is 8.80. The molecule has 3 heteroatoms. The second-order valence-electron chi connectivity index (χ2n) is 0.615. The largest absolute Gasteiger partial charge is 0.257 e. The fourth-order valence-electron chi connectivity index (χ4n) is 0. The lowest BCUT2D eigenvalue weighted by Gasteiger charge is -1.92. The molecule has 0 aliphatic heterocycles. The molecule has 0 aromatic rings. The SMILES string of the molecule is [CH2]C(F)(Cl)Cl.